The Morgan fingerprint density at radius 3 is 2.65 bits per heavy atom. The molecule has 2 aromatic carbocycles. The van der Waals surface area contributed by atoms with Crippen LogP contribution >= 0.6 is 15.9 Å². The highest BCUT2D eigenvalue weighted by Crippen LogP contribution is 2.16. The molecule has 0 unspecified atom stereocenters. The lowest BCUT2D eigenvalue weighted by Crippen LogP contribution is -1.99. The highest BCUT2D eigenvalue weighted by Gasteiger charge is 2.07. The van der Waals surface area contributed by atoms with E-state index < -0.39 is 5.97 Å². The first kappa shape index (κ1) is 12.9. The molecule has 3 aromatic rings. The van der Waals surface area contributed by atoms with E-state index in [2.05, 4.69) is 21.0 Å². The number of rotatable bonds is 3. The molecule has 0 aliphatic heterocycles. The van der Waals surface area contributed by atoms with Gasteiger partial charge in [0.25, 0.3) is 0 Å². The molecule has 0 radical (unpaired) electrons. The summed E-state index contributed by atoms with van der Waals surface area (Å²) < 4.78 is 2.86. The zero-order valence-electron chi connectivity index (χ0n) is 10.5. The Hall–Kier alpha value is -2.14. The molecule has 3 rings (SSSR count). The molecule has 4 nitrogen and oxygen atoms in total. The molecule has 5 heteroatoms. The van der Waals surface area contributed by atoms with Crippen molar-refractivity contribution in [1.82, 2.24) is 9.78 Å². The number of halogens is 1. The van der Waals surface area contributed by atoms with Crippen molar-refractivity contribution in [2.45, 2.75) is 6.54 Å². The second kappa shape index (κ2) is 5.09. The number of nitrogens with zero attached hydrogens (tertiary/aromatic N) is 2. The summed E-state index contributed by atoms with van der Waals surface area (Å²) in [7, 11) is 0. The van der Waals surface area contributed by atoms with Crippen molar-refractivity contribution in [2.24, 2.45) is 0 Å². The van der Waals surface area contributed by atoms with Crippen molar-refractivity contribution in [1.29, 1.82) is 0 Å². The second-order valence-corrected chi connectivity index (χ2v) is 5.45. The summed E-state index contributed by atoms with van der Waals surface area (Å²) in [4.78, 5) is 10.9. The first-order chi connectivity index (χ1) is 9.61. The van der Waals surface area contributed by atoms with Gasteiger partial charge in [-0.15, -0.1) is 0 Å². The molecule has 0 amide bonds. The van der Waals surface area contributed by atoms with E-state index in [-0.39, 0.29) is 5.56 Å². The molecule has 1 N–H and O–H groups in total. The molecular formula is C15H11BrN2O2. The molecule has 0 spiro atoms. The van der Waals surface area contributed by atoms with E-state index in [0.717, 1.165) is 15.4 Å². The molecule has 100 valence electrons. The lowest BCUT2D eigenvalue weighted by Gasteiger charge is -2.01. The Bertz CT molecular complexity index is 778. The number of carbonyl (C=O) groups is 1. The Morgan fingerprint density at radius 2 is 1.95 bits per heavy atom. The van der Waals surface area contributed by atoms with Crippen LogP contribution in [-0.4, -0.2) is 20.9 Å². The number of fused-ring (bicyclic) bond motifs is 1. The van der Waals surface area contributed by atoms with Crippen molar-refractivity contribution in [3.8, 4) is 0 Å². The van der Waals surface area contributed by atoms with Crippen LogP contribution in [0.15, 0.2) is 53.1 Å². The molecule has 0 aliphatic rings. The second-order valence-electron chi connectivity index (χ2n) is 4.53. The Morgan fingerprint density at radius 1 is 1.20 bits per heavy atom. The average Bonchev–Trinajstić information content (AvgIpc) is 2.82. The molecule has 0 bridgehead atoms. The summed E-state index contributed by atoms with van der Waals surface area (Å²) in [5.74, 6) is -0.936. The van der Waals surface area contributed by atoms with Gasteiger partial charge in [0.1, 0.15) is 0 Å². The summed E-state index contributed by atoms with van der Waals surface area (Å²) in [6.45, 7) is 0.657. The predicted molar refractivity (Wildman–Crippen MR) is 79.9 cm³/mol. The summed E-state index contributed by atoms with van der Waals surface area (Å²) in [6, 6.07) is 13.0. The molecule has 0 aliphatic carbocycles. The molecule has 0 atom stereocenters. The van der Waals surface area contributed by atoms with Crippen LogP contribution in [-0.2, 0) is 6.54 Å². The first-order valence-corrected chi connectivity index (χ1v) is 6.86. The minimum absolute atomic E-state index is 0.256. The van der Waals surface area contributed by atoms with Crippen molar-refractivity contribution < 1.29 is 9.90 Å². The zero-order chi connectivity index (χ0) is 14.1. The van der Waals surface area contributed by atoms with E-state index in [1.165, 1.54) is 0 Å². The van der Waals surface area contributed by atoms with Gasteiger partial charge in [-0.25, -0.2) is 4.79 Å². The van der Waals surface area contributed by atoms with Gasteiger partial charge in [0.15, 0.2) is 0 Å². The fraction of sp³-hybridized carbons (Fsp3) is 0.0667. The predicted octanol–water partition coefficient (Wildman–Crippen LogP) is 3.55. The average molecular weight is 331 g/mol. The topological polar surface area (TPSA) is 55.1 Å². The van der Waals surface area contributed by atoms with Gasteiger partial charge in [0.2, 0.25) is 0 Å². The number of hydrogen-bond acceptors (Lipinski definition) is 2. The van der Waals surface area contributed by atoms with Crippen molar-refractivity contribution in [3.63, 3.8) is 0 Å². The normalized spacial score (nSPS) is 10.8. The van der Waals surface area contributed by atoms with E-state index >= 15 is 0 Å². The first-order valence-electron chi connectivity index (χ1n) is 6.07. The fourth-order valence-corrected chi connectivity index (χ4v) is 2.32. The standard InChI is InChI=1S/C15H11BrN2O2/c16-13-5-1-10(2-6-13)8-18-9-12-4-3-11(15(19)20)7-14(12)17-18/h1-7,9H,8H2,(H,19,20). The summed E-state index contributed by atoms with van der Waals surface area (Å²) in [6.07, 6.45) is 1.92. The van der Waals surface area contributed by atoms with Crippen LogP contribution < -0.4 is 0 Å². The number of carboxylic acids is 1. The third kappa shape index (κ3) is 2.58. The summed E-state index contributed by atoms with van der Waals surface area (Å²) in [5, 5.41) is 14.3. The lowest BCUT2D eigenvalue weighted by atomic mass is 10.2. The third-order valence-corrected chi connectivity index (χ3v) is 3.59. The van der Waals surface area contributed by atoms with Gasteiger partial charge in [0.05, 0.1) is 17.6 Å². The maximum absolute atomic E-state index is 10.9. The highest BCUT2D eigenvalue weighted by atomic mass is 79.9. The van der Waals surface area contributed by atoms with Gasteiger partial charge < -0.3 is 5.11 Å². The summed E-state index contributed by atoms with van der Waals surface area (Å²) >= 11 is 3.40. The van der Waals surface area contributed by atoms with E-state index in [1.54, 1.807) is 18.2 Å². The van der Waals surface area contributed by atoms with Gasteiger partial charge in [-0.2, -0.15) is 5.10 Å². The Balaban J connectivity index is 1.92. The molecule has 0 saturated carbocycles. The minimum atomic E-state index is -0.936. The fourth-order valence-electron chi connectivity index (χ4n) is 2.06. The van der Waals surface area contributed by atoms with E-state index in [4.69, 9.17) is 5.11 Å². The molecule has 0 fully saturated rings. The van der Waals surface area contributed by atoms with Crippen LogP contribution in [0.3, 0.4) is 0 Å². The van der Waals surface area contributed by atoms with Crippen LogP contribution in [0.2, 0.25) is 0 Å². The van der Waals surface area contributed by atoms with Crippen molar-refractivity contribution in [2.75, 3.05) is 0 Å². The van der Waals surface area contributed by atoms with Crippen LogP contribution in [0.5, 0.6) is 0 Å². The van der Waals surface area contributed by atoms with E-state index in [0.29, 0.717) is 12.1 Å². The van der Waals surface area contributed by atoms with Gasteiger partial charge in [-0.1, -0.05) is 34.1 Å². The van der Waals surface area contributed by atoms with Crippen molar-refractivity contribution >= 4 is 32.8 Å². The molecule has 1 heterocycles. The van der Waals surface area contributed by atoms with E-state index in [1.807, 2.05) is 35.1 Å². The van der Waals surface area contributed by atoms with Crippen LogP contribution in [0.1, 0.15) is 15.9 Å². The van der Waals surface area contributed by atoms with Gasteiger partial charge >= 0.3 is 5.97 Å². The van der Waals surface area contributed by atoms with Gasteiger partial charge in [-0.05, 0) is 29.8 Å². The molecule has 0 saturated heterocycles. The molecule has 1 aromatic heterocycles. The summed E-state index contributed by atoms with van der Waals surface area (Å²) in [5.41, 5.74) is 2.09. The SMILES string of the molecule is O=C(O)c1ccc2cn(Cc3ccc(Br)cc3)nc2c1. The monoisotopic (exact) mass is 330 g/mol. The van der Waals surface area contributed by atoms with Crippen LogP contribution in [0.4, 0.5) is 0 Å². The number of aromatic carboxylic acids is 1. The Labute approximate surface area is 123 Å². The largest absolute Gasteiger partial charge is 0.478 e. The third-order valence-electron chi connectivity index (χ3n) is 3.06. The van der Waals surface area contributed by atoms with E-state index in [9.17, 15) is 4.79 Å². The number of hydrogen-bond donors (Lipinski definition) is 1. The smallest absolute Gasteiger partial charge is 0.335 e. The molecule has 20 heavy (non-hydrogen) atoms. The lowest BCUT2D eigenvalue weighted by molar-refractivity contribution is 0.0697. The van der Waals surface area contributed by atoms with Crippen LogP contribution in [0.25, 0.3) is 10.9 Å². The quantitative estimate of drug-likeness (QED) is 0.799. The minimum Gasteiger partial charge on any atom is -0.478 e. The van der Waals surface area contributed by atoms with Gasteiger partial charge in [0, 0.05) is 16.1 Å². The van der Waals surface area contributed by atoms with Crippen molar-refractivity contribution in [3.05, 3.63) is 64.3 Å². The molecular weight excluding hydrogens is 320 g/mol. The van der Waals surface area contributed by atoms with Gasteiger partial charge in [-0.3, -0.25) is 4.68 Å². The maximum Gasteiger partial charge on any atom is 0.335 e. The Kier molecular flexibility index (Phi) is 3.28. The van der Waals surface area contributed by atoms with Crippen LogP contribution in [0, 0.1) is 0 Å². The number of carboxylic acid groups (broad SMARTS) is 1. The highest BCUT2D eigenvalue weighted by molar-refractivity contribution is 9.10. The zero-order valence-corrected chi connectivity index (χ0v) is 12.0. The maximum atomic E-state index is 10.9. The number of benzene rings is 2. The number of aromatic nitrogens is 2.